The molecule has 0 unspecified atom stereocenters. The van der Waals surface area contributed by atoms with Gasteiger partial charge in [0.15, 0.2) is 5.82 Å². The van der Waals surface area contributed by atoms with Gasteiger partial charge >= 0.3 is 6.03 Å². The first kappa shape index (κ1) is 8.10. The predicted molar refractivity (Wildman–Crippen MR) is 48.5 cm³/mol. The molecule has 0 fully saturated rings. The smallest absolute Gasteiger partial charge is 0.325 e. The second-order valence-corrected chi connectivity index (χ2v) is 3.32. The van der Waals surface area contributed by atoms with Crippen molar-refractivity contribution >= 4 is 11.8 Å². The number of hydrogen-bond acceptors (Lipinski definition) is 2. The number of amides is 2. The van der Waals surface area contributed by atoms with Gasteiger partial charge in [-0.3, -0.25) is 4.90 Å². The lowest BCUT2D eigenvalue weighted by atomic mass is 10.3. The lowest BCUT2D eigenvalue weighted by molar-refractivity contribution is 0.210. The third-order valence-electron chi connectivity index (χ3n) is 2.36. The van der Waals surface area contributed by atoms with Gasteiger partial charge in [0.25, 0.3) is 0 Å². The minimum absolute atomic E-state index is 0.00815. The Morgan fingerprint density at radius 3 is 2.77 bits per heavy atom. The molecule has 0 saturated heterocycles. The van der Waals surface area contributed by atoms with Crippen molar-refractivity contribution in [2.45, 2.75) is 6.54 Å². The molecule has 0 radical (unpaired) electrons. The van der Waals surface area contributed by atoms with Crippen molar-refractivity contribution in [3.63, 3.8) is 0 Å². The molecule has 0 atom stereocenters. The summed E-state index contributed by atoms with van der Waals surface area (Å²) in [6.45, 7) is 0.634. The number of carbonyl (C=O) groups excluding carboxylic acids is 1. The number of fused-ring (bicyclic) bond motifs is 1. The molecule has 0 N–H and O–H groups in total. The maximum absolute atomic E-state index is 11.5. The van der Waals surface area contributed by atoms with Gasteiger partial charge in [-0.15, -0.1) is 0 Å². The summed E-state index contributed by atoms with van der Waals surface area (Å²) in [5, 5.41) is 0. The fourth-order valence-corrected chi connectivity index (χ4v) is 1.54. The lowest BCUT2D eigenvalue weighted by Crippen LogP contribution is -2.43. The van der Waals surface area contributed by atoms with Crippen molar-refractivity contribution in [2.75, 3.05) is 19.0 Å². The number of carbonyl (C=O) groups is 1. The molecular weight excluding hydrogens is 168 g/mol. The molecule has 2 heterocycles. The minimum Gasteiger partial charge on any atom is -0.334 e. The maximum atomic E-state index is 11.5. The van der Waals surface area contributed by atoms with E-state index in [0.717, 1.165) is 11.5 Å². The molecule has 0 bridgehead atoms. The van der Waals surface area contributed by atoms with E-state index in [2.05, 4.69) is 4.98 Å². The molecule has 0 saturated carbocycles. The van der Waals surface area contributed by atoms with E-state index < -0.39 is 0 Å². The van der Waals surface area contributed by atoms with Crippen LogP contribution >= 0.6 is 0 Å². The Hall–Kier alpha value is -1.52. The van der Waals surface area contributed by atoms with Gasteiger partial charge in [0.2, 0.25) is 0 Å². The molecule has 1 aromatic rings. The number of aryl methyl sites for hydroxylation is 1. The maximum Gasteiger partial charge on any atom is 0.325 e. The molecule has 1 aliphatic heterocycles. The SMILES string of the molecule is CN1Cc2c(ncn2C)N(C)C1=O. The molecule has 5 heteroatoms. The molecule has 1 aromatic heterocycles. The van der Waals surface area contributed by atoms with Crippen LogP contribution in [-0.4, -0.2) is 34.6 Å². The second kappa shape index (κ2) is 2.48. The summed E-state index contributed by atoms with van der Waals surface area (Å²) < 4.78 is 1.94. The molecule has 0 aromatic carbocycles. The van der Waals surface area contributed by atoms with Gasteiger partial charge in [-0.05, 0) is 0 Å². The number of imidazole rings is 1. The average molecular weight is 180 g/mol. The largest absolute Gasteiger partial charge is 0.334 e. The van der Waals surface area contributed by atoms with E-state index >= 15 is 0 Å². The highest BCUT2D eigenvalue weighted by Gasteiger charge is 2.27. The van der Waals surface area contributed by atoms with Crippen LogP contribution in [-0.2, 0) is 13.6 Å². The van der Waals surface area contributed by atoms with E-state index in [-0.39, 0.29) is 6.03 Å². The highest BCUT2D eigenvalue weighted by atomic mass is 16.2. The van der Waals surface area contributed by atoms with E-state index in [1.807, 2.05) is 11.6 Å². The standard InChI is InChI=1S/C8H12N4O/c1-10-4-6-7(9-5-11(6)2)12(3)8(10)13/h5H,4H2,1-3H3. The number of urea groups is 1. The van der Waals surface area contributed by atoms with Crippen LogP contribution in [0.5, 0.6) is 0 Å². The molecule has 70 valence electrons. The van der Waals surface area contributed by atoms with Crippen molar-refractivity contribution in [2.24, 2.45) is 7.05 Å². The third kappa shape index (κ3) is 0.998. The second-order valence-electron chi connectivity index (χ2n) is 3.32. The van der Waals surface area contributed by atoms with Crippen LogP contribution in [0.1, 0.15) is 5.69 Å². The summed E-state index contributed by atoms with van der Waals surface area (Å²) >= 11 is 0. The normalized spacial score (nSPS) is 16.4. The third-order valence-corrected chi connectivity index (χ3v) is 2.36. The van der Waals surface area contributed by atoms with Crippen LogP contribution in [0.25, 0.3) is 0 Å². The summed E-state index contributed by atoms with van der Waals surface area (Å²) in [7, 11) is 5.46. The Kier molecular flexibility index (Phi) is 1.55. The van der Waals surface area contributed by atoms with Gasteiger partial charge in [0.05, 0.1) is 18.6 Å². The first-order chi connectivity index (χ1) is 6.11. The average Bonchev–Trinajstić information content (AvgIpc) is 2.45. The number of rotatable bonds is 0. The minimum atomic E-state index is -0.00815. The zero-order valence-corrected chi connectivity index (χ0v) is 7.98. The Morgan fingerprint density at radius 2 is 2.08 bits per heavy atom. The van der Waals surface area contributed by atoms with Crippen molar-refractivity contribution in [3.05, 3.63) is 12.0 Å². The van der Waals surface area contributed by atoms with Gasteiger partial charge in [-0.1, -0.05) is 0 Å². The van der Waals surface area contributed by atoms with Crippen molar-refractivity contribution in [3.8, 4) is 0 Å². The molecule has 0 aliphatic carbocycles. The number of aromatic nitrogens is 2. The number of nitrogens with zero attached hydrogens (tertiary/aromatic N) is 4. The first-order valence-corrected chi connectivity index (χ1v) is 4.10. The van der Waals surface area contributed by atoms with Gasteiger partial charge in [-0.2, -0.15) is 0 Å². The quantitative estimate of drug-likeness (QED) is 0.580. The van der Waals surface area contributed by atoms with E-state index in [9.17, 15) is 4.79 Å². The fourth-order valence-electron chi connectivity index (χ4n) is 1.54. The molecular formula is C8H12N4O. The van der Waals surface area contributed by atoms with E-state index in [1.165, 1.54) is 0 Å². The Bertz CT molecular complexity index is 357. The van der Waals surface area contributed by atoms with E-state index in [1.54, 1.807) is 30.2 Å². The number of anilines is 1. The zero-order valence-electron chi connectivity index (χ0n) is 7.98. The monoisotopic (exact) mass is 180 g/mol. The Morgan fingerprint density at radius 1 is 1.38 bits per heavy atom. The fraction of sp³-hybridized carbons (Fsp3) is 0.500. The molecule has 2 rings (SSSR count). The Labute approximate surface area is 76.6 Å². The van der Waals surface area contributed by atoms with E-state index in [0.29, 0.717) is 6.54 Å². The molecule has 0 spiro atoms. The molecule has 5 nitrogen and oxygen atoms in total. The van der Waals surface area contributed by atoms with Crippen LogP contribution in [0.15, 0.2) is 6.33 Å². The van der Waals surface area contributed by atoms with Gasteiger partial charge in [0, 0.05) is 21.1 Å². The summed E-state index contributed by atoms with van der Waals surface area (Å²) in [6.07, 6.45) is 1.73. The molecule has 13 heavy (non-hydrogen) atoms. The van der Waals surface area contributed by atoms with Crippen LogP contribution in [0.4, 0.5) is 10.6 Å². The van der Waals surface area contributed by atoms with Gasteiger partial charge in [0.1, 0.15) is 0 Å². The van der Waals surface area contributed by atoms with Crippen LogP contribution in [0.2, 0.25) is 0 Å². The molecule has 1 aliphatic rings. The summed E-state index contributed by atoms with van der Waals surface area (Å²) in [5.74, 6) is 0.769. The van der Waals surface area contributed by atoms with Gasteiger partial charge in [-0.25, -0.2) is 9.78 Å². The summed E-state index contributed by atoms with van der Waals surface area (Å²) in [5.41, 5.74) is 1.07. The summed E-state index contributed by atoms with van der Waals surface area (Å²) in [4.78, 5) is 18.9. The molecule has 2 amide bonds. The lowest BCUT2D eigenvalue weighted by Gasteiger charge is -2.29. The first-order valence-electron chi connectivity index (χ1n) is 4.10. The van der Waals surface area contributed by atoms with Crippen LogP contribution < -0.4 is 4.90 Å². The Balaban J connectivity index is 2.50. The van der Waals surface area contributed by atoms with Crippen LogP contribution in [0.3, 0.4) is 0 Å². The zero-order chi connectivity index (χ0) is 9.59. The van der Waals surface area contributed by atoms with E-state index in [4.69, 9.17) is 0 Å². The predicted octanol–water partition coefficient (Wildman–Crippen LogP) is 0.422. The van der Waals surface area contributed by atoms with Gasteiger partial charge < -0.3 is 9.47 Å². The highest BCUT2D eigenvalue weighted by Crippen LogP contribution is 2.23. The highest BCUT2D eigenvalue weighted by molar-refractivity contribution is 5.92. The van der Waals surface area contributed by atoms with Crippen LogP contribution in [0, 0.1) is 0 Å². The van der Waals surface area contributed by atoms with Crippen molar-refractivity contribution < 1.29 is 4.79 Å². The number of hydrogen-bond donors (Lipinski definition) is 0. The summed E-state index contributed by atoms with van der Waals surface area (Å²) in [6, 6.07) is -0.00815. The van der Waals surface area contributed by atoms with Crippen molar-refractivity contribution in [1.29, 1.82) is 0 Å². The van der Waals surface area contributed by atoms with Crippen molar-refractivity contribution in [1.82, 2.24) is 14.5 Å². The topological polar surface area (TPSA) is 41.4 Å².